The van der Waals surface area contributed by atoms with Gasteiger partial charge in [0.2, 0.25) is 11.8 Å². The van der Waals surface area contributed by atoms with E-state index in [1.807, 2.05) is 5.32 Å². The number of hydrogen-bond donors (Lipinski definition) is 2. The first kappa shape index (κ1) is 22.9. The van der Waals surface area contributed by atoms with Crippen molar-refractivity contribution in [2.45, 2.75) is 43.7 Å². The molecule has 1 saturated heterocycles. The fourth-order valence-electron chi connectivity index (χ4n) is 4.05. The quantitative estimate of drug-likeness (QED) is 0.509. The Morgan fingerprint density at radius 1 is 1.00 bits per heavy atom. The summed E-state index contributed by atoms with van der Waals surface area (Å²) in [5.74, 6) is -2.70. The Kier molecular flexibility index (Phi) is 5.75. The predicted molar refractivity (Wildman–Crippen MR) is 103 cm³/mol. The van der Waals surface area contributed by atoms with Crippen molar-refractivity contribution >= 4 is 11.8 Å². The Hall–Kier alpha value is -3.24. The highest BCUT2D eigenvalue weighted by atomic mass is 19.4. The van der Waals surface area contributed by atoms with Gasteiger partial charge in [0.15, 0.2) is 0 Å². The average molecular weight is 472 g/mol. The van der Waals surface area contributed by atoms with Gasteiger partial charge < -0.3 is 15.4 Å². The topological polar surface area (TPSA) is 67.4 Å². The van der Waals surface area contributed by atoms with E-state index in [1.165, 1.54) is 18.2 Å². The van der Waals surface area contributed by atoms with Crippen LogP contribution in [0.1, 0.15) is 35.6 Å². The molecule has 2 aliphatic rings. The third-order valence-electron chi connectivity index (χ3n) is 5.62. The molecule has 0 aromatic heterocycles. The molecule has 0 bridgehead atoms. The van der Waals surface area contributed by atoms with Crippen molar-refractivity contribution in [3.8, 4) is 11.5 Å². The Bertz CT molecular complexity index is 1080. The summed E-state index contributed by atoms with van der Waals surface area (Å²) in [6.45, 7) is 0. The molecular formula is C22H18F6N2O3. The lowest BCUT2D eigenvalue weighted by Gasteiger charge is -2.33. The molecule has 2 aromatic carbocycles. The lowest BCUT2D eigenvalue weighted by molar-refractivity contribution is -0.171. The fraction of sp³-hybridized carbons (Fsp3) is 0.364. The van der Waals surface area contributed by atoms with E-state index >= 15 is 0 Å². The molecule has 2 heterocycles. The third-order valence-corrected chi connectivity index (χ3v) is 5.62. The van der Waals surface area contributed by atoms with Crippen LogP contribution in [0.2, 0.25) is 0 Å². The summed E-state index contributed by atoms with van der Waals surface area (Å²) in [6, 6.07) is 7.58. The molecule has 176 valence electrons. The Labute approximate surface area is 184 Å². The van der Waals surface area contributed by atoms with Gasteiger partial charge in [-0.1, -0.05) is 30.3 Å². The minimum Gasteiger partial charge on any atom is -0.457 e. The highest BCUT2D eigenvalue weighted by Gasteiger charge is 2.46. The molecule has 33 heavy (non-hydrogen) atoms. The summed E-state index contributed by atoms with van der Waals surface area (Å²) in [6.07, 6.45) is -10.9. The molecular weight excluding hydrogens is 454 g/mol. The van der Waals surface area contributed by atoms with Gasteiger partial charge in [0, 0.05) is 11.1 Å². The molecule has 0 radical (unpaired) electrons. The number of piperidine rings is 1. The van der Waals surface area contributed by atoms with Crippen molar-refractivity contribution in [1.82, 2.24) is 10.6 Å². The van der Waals surface area contributed by atoms with Crippen LogP contribution in [-0.4, -0.2) is 30.2 Å². The number of carbonyl (C=O) groups is 2. The normalized spacial score (nSPS) is 22.5. The first-order chi connectivity index (χ1) is 15.4. The van der Waals surface area contributed by atoms with Gasteiger partial charge in [0.25, 0.3) is 0 Å². The van der Waals surface area contributed by atoms with Crippen LogP contribution in [0.15, 0.2) is 42.5 Å². The monoisotopic (exact) mass is 472 g/mol. The number of hydrogen-bond acceptors (Lipinski definition) is 3. The smallest absolute Gasteiger partial charge is 0.408 e. The minimum absolute atomic E-state index is 0.0319. The van der Waals surface area contributed by atoms with Crippen molar-refractivity contribution in [3.05, 3.63) is 59.2 Å². The zero-order valence-corrected chi connectivity index (χ0v) is 16.9. The maximum atomic E-state index is 12.9. The second-order valence-corrected chi connectivity index (χ2v) is 7.98. The number of rotatable bonds is 3. The number of benzene rings is 2. The summed E-state index contributed by atoms with van der Waals surface area (Å²) in [4.78, 5) is 25.1. The Morgan fingerprint density at radius 2 is 1.70 bits per heavy atom. The van der Waals surface area contributed by atoms with E-state index in [-0.39, 0.29) is 17.7 Å². The first-order valence-corrected chi connectivity index (χ1v) is 10.1. The van der Waals surface area contributed by atoms with Crippen molar-refractivity contribution in [2.24, 2.45) is 5.92 Å². The molecule has 0 aliphatic carbocycles. The van der Waals surface area contributed by atoms with Gasteiger partial charge in [0.05, 0.1) is 12.5 Å². The zero-order valence-electron chi connectivity index (χ0n) is 16.9. The largest absolute Gasteiger partial charge is 0.457 e. The van der Waals surface area contributed by atoms with Crippen molar-refractivity contribution in [1.29, 1.82) is 0 Å². The predicted octanol–water partition coefficient (Wildman–Crippen LogP) is 4.56. The maximum absolute atomic E-state index is 12.9. The minimum atomic E-state index is -4.61. The number of amides is 2. The lowest BCUT2D eigenvalue weighted by atomic mass is 9.90. The number of halogens is 6. The molecule has 2 N–H and O–H groups in total. The van der Waals surface area contributed by atoms with Gasteiger partial charge in [-0.3, -0.25) is 9.59 Å². The summed E-state index contributed by atoms with van der Waals surface area (Å²) in [5, 5.41) is 4.51. The number of ether oxygens (including phenoxy) is 1. The number of para-hydroxylation sites is 1. The Morgan fingerprint density at radius 3 is 2.36 bits per heavy atom. The highest BCUT2D eigenvalue weighted by Crippen LogP contribution is 2.44. The molecule has 2 amide bonds. The lowest BCUT2D eigenvalue weighted by Crippen LogP contribution is -2.54. The molecule has 2 aromatic rings. The van der Waals surface area contributed by atoms with E-state index in [0.717, 1.165) is 0 Å². The fourth-order valence-corrected chi connectivity index (χ4v) is 4.05. The maximum Gasteiger partial charge on any atom is 0.408 e. The molecule has 11 heteroatoms. The molecule has 5 nitrogen and oxygen atoms in total. The van der Waals surface area contributed by atoms with Crippen molar-refractivity contribution in [3.63, 3.8) is 0 Å². The van der Waals surface area contributed by atoms with Crippen molar-refractivity contribution < 1.29 is 40.7 Å². The highest BCUT2D eigenvalue weighted by molar-refractivity contribution is 6.01. The van der Waals surface area contributed by atoms with Gasteiger partial charge in [-0.05, 0) is 30.5 Å². The van der Waals surface area contributed by atoms with Gasteiger partial charge in [-0.2, -0.15) is 26.3 Å². The standard InChI is InChI=1S/C22H18F6N2O3/c23-21(24,25)10-11-5-6-13-16(9-11)33-15-4-2-1-3-12(15)18(13)30-20(32)14-7-8-17(22(26,27)28)29-19(14)31/h1-6,9,14,17-18H,7-8,10H2,(H,29,31)(H,30,32). The molecule has 0 spiro atoms. The van der Waals surface area contributed by atoms with Crippen LogP contribution in [0.5, 0.6) is 11.5 Å². The second kappa shape index (κ2) is 8.27. The molecule has 3 atom stereocenters. The molecule has 1 fully saturated rings. The van der Waals surface area contributed by atoms with Crippen molar-refractivity contribution in [2.75, 3.05) is 0 Å². The van der Waals surface area contributed by atoms with Gasteiger partial charge in [-0.25, -0.2) is 0 Å². The summed E-state index contributed by atoms with van der Waals surface area (Å²) >= 11 is 0. The van der Waals surface area contributed by atoms with Gasteiger partial charge in [0.1, 0.15) is 23.5 Å². The number of carbonyl (C=O) groups excluding carboxylic acids is 2. The molecule has 3 unspecified atom stereocenters. The van der Waals surface area contributed by atoms with Crippen LogP contribution in [-0.2, 0) is 16.0 Å². The van der Waals surface area contributed by atoms with Crippen LogP contribution in [0, 0.1) is 5.92 Å². The van der Waals surface area contributed by atoms with E-state index < -0.39 is 55.0 Å². The SMILES string of the molecule is O=C(NC1c2ccccc2Oc2cc(CC(F)(F)F)ccc21)C1CCC(C(F)(F)F)NC1=O. The second-order valence-electron chi connectivity index (χ2n) is 7.98. The molecule has 2 aliphatic heterocycles. The zero-order chi connectivity index (χ0) is 24.0. The van der Waals surface area contributed by atoms with E-state index in [4.69, 9.17) is 4.74 Å². The first-order valence-electron chi connectivity index (χ1n) is 10.1. The number of alkyl halides is 6. The third kappa shape index (κ3) is 4.91. The molecule has 4 rings (SSSR count). The van der Waals surface area contributed by atoms with Crippen LogP contribution in [0.4, 0.5) is 26.3 Å². The summed E-state index contributed by atoms with van der Waals surface area (Å²) < 4.78 is 82.8. The van der Waals surface area contributed by atoms with Crippen LogP contribution < -0.4 is 15.4 Å². The van der Waals surface area contributed by atoms with E-state index in [1.54, 1.807) is 24.3 Å². The number of nitrogens with one attached hydrogen (secondary N) is 2. The van der Waals surface area contributed by atoms with E-state index in [2.05, 4.69) is 5.32 Å². The van der Waals surface area contributed by atoms with Gasteiger partial charge in [-0.15, -0.1) is 0 Å². The Balaban J connectivity index is 1.59. The number of fused-ring (bicyclic) bond motifs is 2. The van der Waals surface area contributed by atoms with Crippen LogP contribution in [0.25, 0.3) is 0 Å². The van der Waals surface area contributed by atoms with Gasteiger partial charge >= 0.3 is 12.4 Å². The average Bonchev–Trinajstić information content (AvgIpc) is 2.71. The van der Waals surface area contributed by atoms with Crippen LogP contribution in [0.3, 0.4) is 0 Å². The van der Waals surface area contributed by atoms with Crippen LogP contribution >= 0.6 is 0 Å². The van der Waals surface area contributed by atoms with E-state index in [0.29, 0.717) is 16.9 Å². The molecule has 0 saturated carbocycles. The summed E-state index contributed by atoms with van der Waals surface area (Å²) in [5.41, 5.74) is 0.847. The summed E-state index contributed by atoms with van der Waals surface area (Å²) in [7, 11) is 0. The van der Waals surface area contributed by atoms with E-state index in [9.17, 15) is 35.9 Å².